The van der Waals surface area contributed by atoms with Crippen molar-refractivity contribution in [2.45, 2.75) is 18.2 Å². The molecule has 0 radical (unpaired) electrons. The Balaban J connectivity index is 1.98. The highest BCUT2D eigenvalue weighted by Gasteiger charge is 2.24. The summed E-state index contributed by atoms with van der Waals surface area (Å²) >= 11 is 9.62. The molecule has 15 heavy (non-hydrogen) atoms. The number of nitrogens with zero attached hydrogens (tertiary/aromatic N) is 1. The Morgan fingerprint density at radius 1 is 1.53 bits per heavy atom. The summed E-state index contributed by atoms with van der Waals surface area (Å²) in [5.41, 5.74) is 1.08. The number of pyridine rings is 1. The zero-order chi connectivity index (χ0) is 10.7. The molecule has 4 heteroatoms. The van der Waals surface area contributed by atoms with Crippen molar-refractivity contribution in [2.24, 2.45) is 5.92 Å². The zero-order valence-corrected chi connectivity index (χ0v) is 10.7. The van der Waals surface area contributed by atoms with Gasteiger partial charge >= 0.3 is 0 Å². The lowest BCUT2D eigenvalue weighted by Gasteiger charge is -2.26. The highest BCUT2D eigenvalue weighted by Crippen LogP contribution is 2.23. The van der Waals surface area contributed by atoms with Gasteiger partial charge in [0.1, 0.15) is 0 Å². The van der Waals surface area contributed by atoms with Gasteiger partial charge in [-0.25, -0.2) is 0 Å². The van der Waals surface area contributed by atoms with Gasteiger partial charge in [-0.2, -0.15) is 0 Å². The van der Waals surface area contributed by atoms with Crippen molar-refractivity contribution >= 4 is 27.5 Å². The van der Waals surface area contributed by atoms with E-state index in [-0.39, 0.29) is 5.38 Å². The molecule has 1 fully saturated rings. The van der Waals surface area contributed by atoms with Crippen LogP contribution in [0.4, 0.5) is 0 Å². The molecule has 0 N–H and O–H groups in total. The number of alkyl halides is 1. The van der Waals surface area contributed by atoms with Gasteiger partial charge < -0.3 is 4.74 Å². The fourth-order valence-corrected chi connectivity index (χ4v) is 2.24. The molecule has 1 aliphatic heterocycles. The van der Waals surface area contributed by atoms with Crippen molar-refractivity contribution in [3.05, 3.63) is 28.5 Å². The van der Waals surface area contributed by atoms with Gasteiger partial charge in [-0.15, -0.1) is 11.6 Å². The Labute approximate surface area is 103 Å². The van der Waals surface area contributed by atoms with Gasteiger partial charge in [0.15, 0.2) is 0 Å². The molecule has 2 atom stereocenters. The van der Waals surface area contributed by atoms with E-state index in [9.17, 15) is 0 Å². The second-order valence-electron chi connectivity index (χ2n) is 3.81. The Morgan fingerprint density at radius 3 is 3.07 bits per heavy atom. The van der Waals surface area contributed by atoms with E-state index in [2.05, 4.69) is 20.9 Å². The maximum atomic E-state index is 6.25. The second-order valence-corrected chi connectivity index (χ2v) is 5.29. The van der Waals surface area contributed by atoms with Gasteiger partial charge in [-0.05, 0) is 40.9 Å². The topological polar surface area (TPSA) is 22.1 Å². The minimum absolute atomic E-state index is 0.226. The summed E-state index contributed by atoms with van der Waals surface area (Å²) in [6.07, 6.45) is 3.67. The summed E-state index contributed by atoms with van der Waals surface area (Å²) in [5, 5.41) is 0.226. The van der Waals surface area contributed by atoms with Crippen LogP contribution in [0.3, 0.4) is 0 Å². The molecule has 2 rings (SSSR count). The predicted molar refractivity (Wildman–Crippen MR) is 64.2 cm³/mol. The van der Waals surface area contributed by atoms with E-state index < -0.39 is 0 Å². The number of hydrogen-bond donors (Lipinski definition) is 0. The van der Waals surface area contributed by atoms with E-state index in [0.29, 0.717) is 5.92 Å². The molecule has 1 saturated heterocycles. The Morgan fingerprint density at radius 2 is 2.40 bits per heavy atom. The molecule has 0 amide bonds. The highest BCUT2D eigenvalue weighted by atomic mass is 79.9. The third-order valence-corrected chi connectivity index (χ3v) is 3.69. The van der Waals surface area contributed by atoms with Crippen LogP contribution in [-0.2, 0) is 11.2 Å². The summed E-state index contributed by atoms with van der Waals surface area (Å²) in [6.45, 7) is 1.55. The standard InChI is InChI=1S/C11H13BrClNO/c12-9-1-2-10(14-6-9)5-8-7-15-4-3-11(8)13/h1-2,6,8,11H,3-5,7H2. The number of halogens is 2. The van der Waals surface area contributed by atoms with Gasteiger partial charge in [0.2, 0.25) is 0 Å². The second kappa shape index (κ2) is 5.28. The fourth-order valence-electron chi connectivity index (χ4n) is 1.75. The van der Waals surface area contributed by atoms with Crippen LogP contribution in [0.15, 0.2) is 22.8 Å². The minimum atomic E-state index is 0.226. The molecule has 2 unspecified atom stereocenters. The van der Waals surface area contributed by atoms with Crippen LogP contribution in [-0.4, -0.2) is 23.6 Å². The zero-order valence-electron chi connectivity index (χ0n) is 8.33. The van der Waals surface area contributed by atoms with Crippen molar-refractivity contribution in [3.63, 3.8) is 0 Å². The van der Waals surface area contributed by atoms with E-state index in [1.807, 2.05) is 18.3 Å². The molecular formula is C11H13BrClNO. The molecule has 0 aromatic carbocycles. The van der Waals surface area contributed by atoms with Crippen molar-refractivity contribution < 1.29 is 4.74 Å². The fraction of sp³-hybridized carbons (Fsp3) is 0.545. The SMILES string of the molecule is ClC1CCOCC1Cc1ccc(Br)cn1. The van der Waals surface area contributed by atoms with E-state index in [4.69, 9.17) is 16.3 Å². The quantitative estimate of drug-likeness (QED) is 0.781. The van der Waals surface area contributed by atoms with Gasteiger partial charge in [-0.3, -0.25) is 4.98 Å². The third-order valence-electron chi connectivity index (χ3n) is 2.64. The van der Waals surface area contributed by atoms with Crippen LogP contribution in [0.2, 0.25) is 0 Å². The predicted octanol–water partition coefficient (Wildman–Crippen LogP) is 3.03. The first-order chi connectivity index (χ1) is 7.25. The summed E-state index contributed by atoms with van der Waals surface area (Å²) in [4.78, 5) is 4.35. The molecule has 0 saturated carbocycles. The average molecular weight is 291 g/mol. The van der Waals surface area contributed by atoms with Crippen LogP contribution in [0.5, 0.6) is 0 Å². The maximum Gasteiger partial charge on any atom is 0.0512 e. The molecule has 0 bridgehead atoms. The average Bonchev–Trinajstić information content (AvgIpc) is 2.25. The lowest BCUT2D eigenvalue weighted by atomic mass is 9.96. The van der Waals surface area contributed by atoms with Crippen molar-refractivity contribution in [3.8, 4) is 0 Å². The van der Waals surface area contributed by atoms with Crippen molar-refractivity contribution in [2.75, 3.05) is 13.2 Å². The van der Waals surface area contributed by atoms with E-state index in [1.165, 1.54) is 0 Å². The van der Waals surface area contributed by atoms with E-state index in [0.717, 1.165) is 36.2 Å². The lowest BCUT2D eigenvalue weighted by molar-refractivity contribution is 0.0574. The molecule has 82 valence electrons. The highest BCUT2D eigenvalue weighted by molar-refractivity contribution is 9.10. The van der Waals surface area contributed by atoms with Crippen LogP contribution >= 0.6 is 27.5 Å². The van der Waals surface area contributed by atoms with Gasteiger partial charge in [0.25, 0.3) is 0 Å². The first kappa shape index (κ1) is 11.4. The van der Waals surface area contributed by atoms with Gasteiger partial charge in [-0.1, -0.05) is 0 Å². The minimum Gasteiger partial charge on any atom is -0.381 e. The molecule has 0 spiro atoms. The number of aromatic nitrogens is 1. The van der Waals surface area contributed by atoms with E-state index >= 15 is 0 Å². The Bertz CT molecular complexity index is 317. The molecule has 1 aromatic rings. The normalized spacial score (nSPS) is 26.5. The summed E-state index contributed by atoms with van der Waals surface area (Å²) in [6, 6.07) is 4.04. The van der Waals surface area contributed by atoms with Crippen LogP contribution in [0.25, 0.3) is 0 Å². The lowest BCUT2D eigenvalue weighted by Crippen LogP contribution is -2.29. The smallest absolute Gasteiger partial charge is 0.0512 e. The Hall–Kier alpha value is -0.120. The molecular weight excluding hydrogens is 277 g/mol. The third kappa shape index (κ3) is 3.16. The molecule has 0 aliphatic carbocycles. The number of rotatable bonds is 2. The van der Waals surface area contributed by atoms with Crippen LogP contribution in [0, 0.1) is 5.92 Å². The van der Waals surface area contributed by atoms with Gasteiger partial charge in [0, 0.05) is 34.3 Å². The largest absolute Gasteiger partial charge is 0.381 e. The van der Waals surface area contributed by atoms with Crippen molar-refractivity contribution in [1.82, 2.24) is 4.98 Å². The summed E-state index contributed by atoms with van der Waals surface area (Å²) < 4.78 is 6.43. The number of ether oxygens (including phenoxy) is 1. The molecule has 2 nitrogen and oxygen atoms in total. The van der Waals surface area contributed by atoms with E-state index in [1.54, 1.807) is 0 Å². The molecule has 1 aromatic heterocycles. The monoisotopic (exact) mass is 289 g/mol. The molecule has 1 aliphatic rings. The maximum absolute atomic E-state index is 6.25. The number of hydrogen-bond acceptors (Lipinski definition) is 2. The van der Waals surface area contributed by atoms with Gasteiger partial charge in [0.05, 0.1) is 6.61 Å². The first-order valence-corrected chi connectivity index (χ1v) is 6.31. The molecule has 2 heterocycles. The van der Waals surface area contributed by atoms with Crippen LogP contribution < -0.4 is 0 Å². The Kier molecular flexibility index (Phi) is 4.00. The summed E-state index contributed by atoms with van der Waals surface area (Å²) in [7, 11) is 0. The van der Waals surface area contributed by atoms with Crippen molar-refractivity contribution in [1.29, 1.82) is 0 Å². The summed E-state index contributed by atoms with van der Waals surface area (Å²) in [5.74, 6) is 0.397. The first-order valence-electron chi connectivity index (χ1n) is 5.08. The van der Waals surface area contributed by atoms with Crippen LogP contribution in [0.1, 0.15) is 12.1 Å².